The first-order valence-corrected chi connectivity index (χ1v) is 7.11. The molecule has 0 unspecified atom stereocenters. The van der Waals surface area contributed by atoms with Crippen LogP contribution in [-0.2, 0) is 0 Å². The Kier molecular flexibility index (Phi) is 6.50. The molecule has 0 aliphatic heterocycles. The Morgan fingerprint density at radius 1 is 1.38 bits per heavy atom. The molecule has 1 rings (SSSR count). The number of thioether (sulfide) groups is 1. The van der Waals surface area contributed by atoms with Crippen LogP contribution in [0.25, 0.3) is 0 Å². The van der Waals surface area contributed by atoms with Gasteiger partial charge in [0.05, 0.1) is 12.8 Å². The number of unbranched alkanes of at least 4 members (excludes halogenated alkanes) is 1. The largest absolute Gasteiger partial charge is 0.495 e. The van der Waals surface area contributed by atoms with Crippen molar-refractivity contribution in [2.75, 3.05) is 31.0 Å². The maximum absolute atomic E-state index is 5.94. The number of methoxy groups -OCH3 is 1. The van der Waals surface area contributed by atoms with Crippen LogP contribution in [0.5, 0.6) is 5.75 Å². The summed E-state index contributed by atoms with van der Waals surface area (Å²) in [4.78, 5) is 0. The molecule has 0 amide bonds. The zero-order chi connectivity index (χ0) is 11.8. The van der Waals surface area contributed by atoms with E-state index in [0.717, 1.165) is 29.4 Å². The Morgan fingerprint density at radius 2 is 2.19 bits per heavy atom. The Balaban J connectivity index is 2.42. The molecule has 90 valence electrons. The predicted molar refractivity (Wildman–Crippen MR) is 74.1 cm³/mol. The van der Waals surface area contributed by atoms with Crippen molar-refractivity contribution in [1.29, 1.82) is 0 Å². The van der Waals surface area contributed by atoms with Gasteiger partial charge < -0.3 is 10.1 Å². The van der Waals surface area contributed by atoms with Crippen molar-refractivity contribution in [3.63, 3.8) is 0 Å². The molecule has 0 aliphatic carbocycles. The van der Waals surface area contributed by atoms with E-state index in [2.05, 4.69) is 11.6 Å². The van der Waals surface area contributed by atoms with Gasteiger partial charge >= 0.3 is 0 Å². The molecule has 0 atom stereocenters. The fraction of sp³-hybridized carbons (Fsp3) is 0.500. The summed E-state index contributed by atoms with van der Waals surface area (Å²) in [5, 5.41) is 4.07. The standard InChI is InChI=1S/C12H18ClNOS/c1-15-12-6-5-10(13)9-11(12)14-7-3-4-8-16-2/h5-6,9,14H,3-4,7-8H2,1-2H3. The normalized spacial score (nSPS) is 10.2. The maximum Gasteiger partial charge on any atom is 0.142 e. The lowest BCUT2D eigenvalue weighted by Crippen LogP contribution is -2.03. The number of nitrogens with one attached hydrogen (secondary N) is 1. The SMILES string of the molecule is COc1ccc(Cl)cc1NCCCCSC. The van der Waals surface area contributed by atoms with Crippen LogP contribution in [0.2, 0.25) is 5.02 Å². The summed E-state index contributed by atoms with van der Waals surface area (Å²) in [6.07, 6.45) is 4.53. The van der Waals surface area contributed by atoms with E-state index in [1.807, 2.05) is 30.0 Å². The summed E-state index contributed by atoms with van der Waals surface area (Å²) < 4.78 is 5.25. The third-order valence-electron chi connectivity index (χ3n) is 2.25. The molecule has 1 aromatic carbocycles. The molecule has 16 heavy (non-hydrogen) atoms. The minimum Gasteiger partial charge on any atom is -0.495 e. The summed E-state index contributed by atoms with van der Waals surface area (Å²) >= 11 is 7.82. The highest BCUT2D eigenvalue weighted by molar-refractivity contribution is 7.98. The van der Waals surface area contributed by atoms with E-state index in [1.54, 1.807) is 7.11 Å². The van der Waals surface area contributed by atoms with E-state index in [-0.39, 0.29) is 0 Å². The molecular formula is C12H18ClNOS. The number of hydrogen-bond donors (Lipinski definition) is 1. The minimum atomic E-state index is 0.729. The van der Waals surface area contributed by atoms with Gasteiger partial charge in [0.2, 0.25) is 0 Å². The van der Waals surface area contributed by atoms with E-state index in [0.29, 0.717) is 0 Å². The van der Waals surface area contributed by atoms with E-state index in [4.69, 9.17) is 16.3 Å². The molecular weight excluding hydrogens is 242 g/mol. The Bertz CT molecular complexity index is 320. The molecule has 0 spiro atoms. The highest BCUT2D eigenvalue weighted by atomic mass is 35.5. The van der Waals surface area contributed by atoms with Crippen molar-refractivity contribution in [3.05, 3.63) is 23.2 Å². The lowest BCUT2D eigenvalue weighted by molar-refractivity contribution is 0.416. The third-order valence-corrected chi connectivity index (χ3v) is 3.18. The molecule has 0 heterocycles. The van der Waals surface area contributed by atoms with Crippen molar-refractivity contribution in [2.45, 2.75) is 12.8 Å². The van der Waals surface area contributed by atoms with Crippen molar-refractivity contribution < 1.29 is 4.74 Å². The lowest BCUT2D eigenvalue weighted by Gasteiger charge is -2.11. The van der Waals surface area contributed by atoms with Crippen LogP contribution in [0.1, 0.15) is 12.8 Å². The molecule has 0 radical (unpaired) electrons. The molecule has 2 nitrogen and oxygen atoms in total. The third kappa shape index (κ3) is 4.54. The number of rotatable bonds is 7. The molecule has 4 heteroatoms. The van der Waals surface area contributed by atoms with E-state index in [1.165, 1.54) is 12.2 Å². The first-order valence-electron chi connectivity index (χ1n) is 5.34. The average molecular weight is 260 g/mol. The fourth-order valence-corrected chi connectivity index (χ4v) is 2.08. The first-order chi connectivity index (χ1) is 7.77. The van der Waals surface area contributed by atoms with Crippen LogP contribution < -0.4 is 10.1 Å². The van der Waals surface area contributed by atoms with Gasteiger partial charge in [-0.1, -0.05) is 11.6 Å². The predicted octanol–water partition coefficient (Wildman–Crippen LogP) is 3.90. The molecule has 0 aromatic heterocycles. The molecule has 1 N–H and O–H groups in total. The Morgan fingerprint density at radius 3 is 2.88 bits per heavy atom. The van der Waals surface area contributed by atoms with Gasteiger partial charge in [0.1, 0.15) is 5.75 Å². The van der Waals surface area contributed by atoms with Gasteiger partial charge in [0.25, 0.3) is 0 Å². The van der Waals surface area contributed by atoms with Gasteiger partial charge in [-0.3, -0.25) is 0 Å². The summed E-state index contributed by atoms with van der Waals surface area (Å²) in [6, 6.07) is 5.61. The highest BCUT2D eigenvalue weighted by Crippen LogP contribution is 2.27. The second-order valence-corrected chi connectivity index (χ2v) is 4.89. The first kappa shape index (κ1) is 13.5. The van der Waals surface area contributed by atoms with E-state index < -0.39 is 0 Å². The van der Waals surface area contributed by atoms with Gasteiger partial charge in [0.15, 0.2) is 0 Å². The summed E-state index contributed by atoms with van der Waals surface area (Å²) in [7, 11) is 1.67. The lowest BCUT2D eigenvalue weighted by atomic mass is 10.2. The number of halogens is 1. The second kappa shape index (κ2) is 7.69. The Hall–Kier alpha value is -0.540. The van der Waals surface area contributed by atoms with Crippen LogP contribution in [0, 0.1) is 0 Å². The summed E-state index contributed by atoms with van der Waals surface area (Å²) in [6.45, 7) is 0.956. The van der Waals surface area contributed by atoms with Crippen LogP contribution >= 0.6 is 23.4 Å². The number of anilines is 1. The van der Waals surface area contributed by atoms with Gasteiger partial charge in [-0.05, 0) is 43.0 Å². The van der Waals surface area contributed by atoms with Gasteiger partial charge in [-0.2, -0.15) is 11.8 Å². The van der Waals surface area contributed by atoms with Crippen molar-refractivity contribution in [2.24, 2.45) is 0 Å². The Labute approximate surface area is 107 Å². The zero-order valence-electron chi connectivity index (χ0n) is 9.75. The smallest absolute Gasteiger partial charge is 0.142 e. The average Bonchev–Trinajstić information content (AvgIpc) is 2.29. The van der Waals surface area contributed by atoms with Crippen LogP contribution in [0.15, 0.2) is 18.2 Å². The molecule has 0 fully saturated rings. The summed E-state index contributed by atoms with van der Waals surface area (Å²) in [5.41, 5.74) is 0.971. The number of ether oxygens (including phenoxy) is 1. The highest BCUT2D eigenvalue weighted by Gasteiger charge is 2.02. The van der Waals surface area contributed by atoms with Crippen molar-refractivity contribution in [1.82, 2.24) is 0 Å². The van der Waals surface area contributed by atoms with Gasteiger partial charge in [0, 0.05) is 11.6 Å². The van der Waals surface area contributed by atoms with E-state index in [9.17, 15) is 0 Å². The second-order valence-electron chi connectivity index (χ2n) is 3.47. The van der Waals surface area contributed by atoms with Crippen LogP contribution in [-0.4, -0.2) is 25.7 Å². The van der Waals surface area contributed by atoms with E-state index >= 15 is 0 Å². The van der Waals surface area contributed by atoms with Gasteiger partial charge in [-0.15, -0.1) is 0 Å². The number of benzene rings is 1. The zero-order valence-corrected chi connectivity index (χ0v) is 11.3. The number of hydrogen-bond acceptors (Lipinski definition) is 3. The maximum atomic E-state index is 5.94. The van der Waals surface area contributed by atoms with Crippen molar-refractivity contribution >= 4 is 29.1 Å². The molecule has 1 aromatic rings. The van der Waals surface area contributed by atoms with Gasteiger partial charge in [-0.25, -0.2) is 0 Å². The van der Waals surface area contributed by atoms with Crippen LogP contribution in [0.4, 0.5) is 5.69 Å². The minimum absolute atomic E-state index is 0.729. The molecule has 0 saturated carbocycles. The topological polar surface area (TPSA) is 21.3 Å². The van der Waals surface area contributed by atoms with Crippen molar-refractivity contribution in [3.8, 4) is 5.75 Å². The summed E-state index contributed by atoms with van der Waals surface area (Å²) in [5.74, 6) is 2.06. The quantitative estimate of drug-likeness (QED) is 0.751. The molecule has 0 saturated heterocycles. The molecule has 0 bridgehead atoms. The van der Waals surface area contributed by atoms with Crippen LogP contribution in [0.3, 0.4) is 0 Å². The molecule has 0 aliphatic rings. The monoisotopic (exact) mass is 259 g/mol. The fourth-order valence-electron chi connectivity index (χ4n) is 1.41.